The lowest BCUT2D eigenvalue weighted by atomic mass is 9.98. The van der Waals surface area contributed by atoms with Gasteiger partial charge < -0.3 is 25.4 Å². The van der Waals surface area contributed by atoms with Gasteiger partial charge in [0.05, 0.1) is 12.6 Å². The first-order chi connectivity index (χ1) is 7.60. The molecule has 0 spiro atoms. The maximum absolute atomic E-state index is 11.3. The van der Waals surface area contributed by atoms with Crippen LogP contribution in [0.15, 0.2) is 0 Å². The molecule has 0 unspecified atom stereocenters. The molecule has 0 bridgehead atoms. The topological polar surface area (TPSA) is 99.0 Å². The van der Waals surface area contributed by atoms with E-state index in [-0.39, 0.29) is 12.5 Å². The van der Waals surface area contributed by atoms with E-state index in [1.54, 1.807) is 0 Å². The molecule has 16 heavy (non-hydrogen) atoms. The second-order valence-corrected chi connectivity index (χ2v) is 3.82. The largest absolute Gasteiger partial charge is 0.394 e. The van der Waals surface area contributed by atoms with Gasteiger partial charge in [0, 0.05) is 6.42 Å². The first-order valence-electron chi connectivity index (χ1n) is 5.35. The predicted molar refractivity (Wildman–Crippen MR) is 55.1 cm³/mol. The van der Waals surface area contributed by atoms with Crippen LogP contribution in [0.1, 0.15) is 19.8 Å². The molecule has 0 saturated carbocycles. The van der Waals surface area contributed by atoms with E-state index in [1.807, 2.05) is 6.92 Å². The van der Waals surface area contributed by atoms with Crippen LogP contribution in [-0.2, 0) is 9.53 Å². The Labute approximate surface area is 94.2 Å². The van der Waals surface area contributed by atoms with Crippen LogP contribution in [0.25, 0.3) is 0 Å². The molecular weight excluding hydrogens is 214 g/mol. The van der Waals surface area contributed by atoms with Crippen molar-refractivity contribution in [3.05, 3.63) is 6.61 Å². The lowest BCUT2D eigenvalue weighted by Gasteiger charge is -2.36. The standard InChI is InChI=1S/C10H18NO5/c1-2-3-8(13)11-6-5-16-7(4-12)10(15)9(6)14/h5-7,9-10,12,14-15H,2-4H2,1H3,(H,11,13)/t6-,7-,9-,10-/m1/s1. The summed E-state index contributed by atoms with van der Waals surface area (Å²) >= 11 is 0. The van der Waals surface area contributed by atoms with Crippen LogP contribution >= 0.6 is 0 Å². The summed E-state index contributed by atoms with van der Waals surface area (Å²) in [5.74, 6) is -0.207. The Kier molecular flexibility index (Phi) is 5.14. The second-order valence-electron chi connectivity index (χ2n) is 3.82. The van der Waals surface area contributed by atoms with Gasteiger partial charge in [-0.2, -0.15) is 0 Å². The minimum Gasteiger partial charge on any atom is -0.394 e. The van der Waals surface area contributed by atoms with Gasteiger partial charge in [0.2, 0.25) is 5.91 Å². The Hall–Kier alpha value is -0.690. The van der Waals surface area contributed by atoms with Gasteiger partial charge in [0.1, 0.15) is 24.9 Å². The van der Waals surface area contributed by atoms with Crippen LogP contribution in [0.3, 0.4) is 0 Å². The molecule has 4 atom stereocenters. The number of nitrogens with one attached hydrogen (secondary N) is 1. The highest BCUT2D eigenvalue weighted by Crippen LogP contribution is 2.18. The molecule has 1 radical (unpaired) electrons. The van der Waals surface area contributed by atoms with E-state index in [4.69, 9.17) is 9.84 Å². The zero-order valence-corrected chi connectivity index (χ0v) is 9.17. The summed E-state index contributed by atoms with van der Waals surface area (Å²) in [6.07, 6.45) is -2.14. The molecule has 1 rings (SSSR count). The molecular formula is C10H18NO5. The second kappa shape index (κ2) is 6.15. The normalized spacial score (nSPS) is 34.8. The third-order valence-corrected chi connectivity index (χ3v) is 2.48. The van der Waals surface area contributed by atoms with Gasteiger partial charge in [-0.3, -0.25) is 4.79 Å². The SMILES string of the molecule is CCCC(=O)N[C@@H]1[CH]O[C@H](CO)[C@@H](O)[C@@H]1O. The monoisotopic (exact) mass is 232 g/mol. The third-order valence-electron chi connectivity index (χ3n) is 2.48. The van der Waals surface area contributed by atoms with Crippen molar-refractivity contribution in [2.24, 2.45) is 0 Å². The Morgan fingerprint density at radius 2 is 2.12 bits per heavy atom. The quantitative estimate of drug-likeness (QED) is 0.475. The van der Waals surface area contributed by atoms with E-state index in [0.29, 0.717) is 12.8 Å². The van der Waals surface area contributed by atoms with Gasteiger partial charge in [-0.15, -0.1) is 0 Å². The van der Waals surface area contributed by atoms with E-state index in [0.717, 1.165) is 0 Å². The fraction of sp³-hybridized carbons (Fsp3) is 0.800. The number of carbonyl (C=O) groups excluding carboxylic acids is 1. The summed E-state index contributed by atoms with van der Waals surface area (Å²) in [7, 11) is 0. The minimum atomic E-state index is -1.21. The molecule has 1 aliphatic rings. The zero-order valence-electron chi connectivity index (χ0n) is 9.17. The number of ether oxygens (including phenoxy) is 1. The summed E-state index contributed by atoms with van der Waals surface area (Å²) in [5.41, 5.74) is 0. The number of hydrogen-bond donors (Lipinski definition) is 4. The average molecular weight is 232 g/mol. The Balaban J connectivity index is 2.48. The molecule has 6 nitrogen and oxygen atoms in total. The van der Waals surface area contributed by atoms with E-state index in [1.165, 1.54) is 6.61 Å². The maximum Gasteiger partial charge on any atom is 0.220 e. The van der Waals surface area contributed by atoms with E-state index < -0.39 is 24.4 Å². The lowest BCUT2D eigenvalue weighted by molar-refractivity contribution is -0.145. The molecule has 0 aromatic carbocycles. The molecule has 0 aromatic heterocycles. The number of aliphatic hydroxyl groups is 3. The first-order valence-corrected chi connectivity index (χ1v) is 5.35. The zero-order chi connectivity index (χ0) is 12.1. The summed E-state index contributed by atoms with van der Waals surface area (Å²) < 4.78 is 5.00. The summed E-state index contributed by atoms with van der Waals surface area (Å²) in [6, 6.07) is -0.739. The van der Waals surface area contributed by atoms with Crippen molar-refractivity contribution in [2.75, 3.05) is 6.61 Å². The lowest BCUT2D eigenvalue weighted by Crippen LogP contribution is -2.58. The molecule has 0 aromatic rings. The molecule has 0 aliphatic carbocycles. The van der Waals surface area contributed by atoms with Crippen molar-refractivity contribution in [1.82, 2.24) is 5.32 Å². The van der Waals surface area contributed by atoms with Crippen molar-refractivity contribution in [2.45, 2.75) is 44.1 Å². The summed E-state index contributed by atoms with van der Waals surface area (Å²) in [5, 5.41) is 30.6. The van der Waals surface area contributed by atoms with Gasteiger partial charge in [-0.25, -0.2) is 0 Å². The van der Waals surface area contributed by atoms with Crippen LogP contribution in [-0.4, -0.2) is 52.2 Å². The molecule has 6 heteroatoms. The number of amides is 1. The van der Waals surface area contributed by atoms with Crippen LogP contribution in [0.5, 0.6) is 0 Å². The minimum absolute atomic E-state index is 0.207. The van der Waals surface area contributed by atoms with Crippen molar-refractivity contribution >= 4 is 5.91 Å². The molecule has 93 valence electrons. The summed E-state index contributed by atoms with van der Waals surface area (Å²) in [4.78, 5) is 11.3. The van der Waals surface area contributed by atoms with Gasteiger partial charge >= 0.3 is 0 Å². The highest BCUT2D eigenvalue weighted by molar-refractivity contribution is 5.76. The molecule has 1 amide bonds. The van der Waals surface area contributed by atoms with Gasteiger partial charge in [-0.1, -0.05) is 6.92 Å². The number of rotatable bonds is 4. The van der Waals surface area contributed by atoms with Gasteiger partial charge in [-0.05, 0) is 6.42 Å². The van der Waals surface area contributed by atoms with E-state index >= 15 is 0 Å². The van der Waals surface area contributed by atoms with E-state index in [9.17, 15) is 15.0 Å². The third kappa shape index (κ3) is 3.15. The fourth-order valence-electron chi connectivity index (χ4n) is 1.53. The Morgan fingerprint density at radius 3 is 2.69 bits per heavy atom. The highest BCUT2D eigenvalue weighted by atomic mass is 16.5. The van der Waals surface area contributed by atoms with Crippen molar-refractivity contribution in [1.29, 1.82) is 0 Å². The predicted octanol–water partition coefficient (Wildman–Crippen LogP) is -1.45. The van der Waals surface area contributed by atoms with Crippen molar-refractivity contribution in [3.63, 3.8) is 0 Å². The first kappa shape index (κ1) is 13.4. The molecule has 1 heterocycles. The van der Waals surface area contributed by atoms with E-state index in [2.05, 4.69) is 5.32 Å². The highest BCUT2D eigenvalue weighted by Gasteiger charge is 2.38. The van der Waals surface area contributed by atoms with Gasteiger partial charge in [0.25, 0.3) is 0 Å². The molecule has 4 N–H and O–H groups in total. The number of carbonyl (C=O) groups is 1. The number of hydrogen-bond acceptors (Lipinski definition) is 5. The van der Waals surface area contributed by atoms with Crippen LogP contribution in [0.2, 0.25) is 0 Å². The Bertz CT molecular complexity index is 235. The summed E-state index contributed by atoms with van der Waals surface area (Å²) in [6.45, 7) is 2.73. The van der Waals surface area contributed by atoms with Gasteiger partial charge in [0.15, 0.2) is 0 Å². The Morgan fingerprint density at radius 1 is 1.44 bits per heavy atom. The van der Waals surface area contributed by atoms with Crippen molar-refractivity contribution < 1.29 is 24.9 Å². The smallest absolute Gasteiger partial charge is 0.220 e. The molecule has 1 fully saturated rings. The van der Waals surface area contributed by atoms with Crippen molar-refractivity contribution in [3.8, 4) is 0 Å². The molecule has 1 aliphatic heterocycles. The van der Waals surface area contributed by atoms with Crippen LogP contribution in [0, 0.1) is 6.61 Å². The molecule has 1 saturated heterocycles. The van der Waals surface area contributed by atoms with Crippen LogP contribution in [0.4, 0.5) is 0 Å². The maximum atomic E-state index is 11.3. The average Bonchev–Trinajstić information content (AvgIpc) is 2.25. The number of aliphatic hydroxyl groups excluding tert-OH is 3. The van der Waals surface area contributed by atoms with Crippen LogP contribution < -0.4 is 5.32 Å². The fourth-order valence-corrected chi connectivity index (χ4v) is 1.53.